The summed E-state index contributed by atoms with van der Waals surface area (Å²) in [5.74, 6) is 6.46. The Labute approximate surface area is 118 Å². The van der Waals surface area contributed by atoms with E-state index in [0.29, 0.717) is 12.5 Å². The van der Waals surface area contributed by atoms with Crippen LogP contribution in [0.25, 0.3) is 0 Å². The van der Waals surface area contributed by atoms with Gasteiger partial charge in [-0.25, -0.2) is 0 Å². The van der Waals surface area contributed by atoms with Gasteiger partial charge in [0.15, 0.2) is 0 Å². The first kappa shape index (κ1) is 14.1. The summed E-state index contributed by atoms with van der Waals surface area (Å²) in [6, 6.07) is 1.91. The SMILES string of the molecule is Cc1cc(C(=O)NC(C)(C)C2CC2)sc1C#CCN. The monoisotopic (exact) mass is 276 g/mol. The van der Waals surface area contributed by atoms with E-state index >= 15 is 0 Å². The highest BCUT2D eigenvalue weighted by atomic mass is 32.1. The molecule has 1 aliphatic rings. The topological polar surface area (TPSA) is 55.1 Å². The molecule has 19 heavy (non-hydrogen) atoms. The number of nitrogens with one attached hydrogen (secondary N) is 1. The van der Waals surface area contributed by atoms with Gasteiger partial charge in [0.25, 0.3) is 5.91 Å². The highest BCUT2D eigenvalue weighted by Gasteiger charge is 2.39. The number of carbonyl (C=O) groups is 1. The van der Waals surface area contributed by atoms with Gasteiger partial charge >= 0.3 is 0 Å². The van der Waals surface area contributed by atoms with E-state index in [-0.39, 0.29) is 11.4 Å². The van der Waals surface area contributed by atoms with Crippen molar-refractivity contribution in [1.82, 2.24) is 5.32 Å². The van der Waals surface area contributed by atoms with E-state index in [1.54, 1.807) is 0 Å². The zero-order valence-corrected chi connectivity index (χ0v) is 12.5. The van der Waals surface area contributed by atoms with Crippen LogP contribution < -0.4 is 11.1 Å². The lowest BCUT2D eigenvalue weighted by molar-refractivity contribution is 0.0907. The predicted molar refractivity (Wildman–Crippen MR) is 79.3 cm³/mol. The van der Waals surface area contributed by atoms with Crippen molar-refractivity contribution in [1.29, 1.82) is 0 Å². The highest BCUT2D eigenvalue weighted by Crippen LogP contribution is 2.39. The van der Waals surface area contributed by atoms with Crippen LogP contribution in [0.2, 0.25) is 0 Å². The van der Waals surface area contributed by atoms with Gasteiger partial charge in [0.05, 0.1) is 16.3 Å². The van der Waals surface area contributed by atoms with Crippen molar-refractivity contribution in [2.45, 2.75) is 39.2 Å². The summed E-state index contributed by atoms with van der Waals surface area (Å²) >= 11 is 1.44. The number of nitrogens with two attached hydrogens (primary N) is 1. The lowest BCUT2D eigenvalue weighted by Crippen LogP contribution is -2.44. The molecule has 1 aromatic rings. The maximum absolute atomic E-state index is 12.3. The quantitative estimate of drug-likeness (QED) is 0.832. The normalized spacial score (nSPS) is 14.7. The third-order valence-corrected chi connectivity index (χ3v) is 4.63. The smallest absolute Gasteiger partial charge is 0.261 e. The van der Waals surface area contributed by atoms with Crippen LogP contribution in [0.3, 0.4) is 0 Å². The highest BCUT2D eigenvalue weighted by molar-refractivity contribution is 7.14. The van der Waals surface area contributed by atoms with Gasteiger partial charge in [-0.05, 0) is 51.2 Å². The van der Waals surface area contributed by atoms with E-state index in [1.165, 1.54) is 24.2 Å². The lowest BCUT2D eigenvalue weighted by atomic mass is 9.99. The summed E-state index contributed by atoms with van der Waals surface area (Å²) in [7, 11) is 0. The van der Waals surface area contributed by atoms with Gasteiger partial charge in [-0.1, -0.05) is 11.8 Å². The Hall–Kier alpha value is -1.31. The van der Waals surface area contributed by atoms with Crippen LogP contribution in [0.5, 0.6) is 0 Å². The average Bonchev–Trinajstić information content (AvgIpc) is 3.12. The number of carbonyl (C=O) groups excluding carboxylic acids is 1. The minimum absolute atomic E-state index is 0.00537. The van der Waals surface area contributed by atoms with E-state index in [4.69, 9.17) is 5.73 Å². The fourth-order valence-corrected chi connectivity index (χ4v) is 3.05. The first-order valence-corrected chi connectivity index (χ1v) is 7.37. The zero-order chi connectivity index (χ0) is 14.0. The summed E-state index contributed by atoms with van der Waals surface area (Å²) in [4.78, 5) is 13.9. The third kappa shape index (κ3) is 3.37. The maximum Gasteiger partial charge on any atom is 0.261 e. The van der Waals surface area contributed by atoms with E-state index in [9.17, 15) is 4.79 Å². The molecular formula is C15H20N2OS. The molecule has 1 heterocycles. The molecule has 1 fully saturated rings. The molecule has 0 unspecified atom stereocenters. The zero-order valence-electron chi connectivity index (χ0n) is 11.7. The van der Waals surface area contributed by atoms with Gasteiger partial charge in [0, 0.05) is 5.54 Å². The van der Waals surface area contributed by atoms with Crippen molar-refractivity contribution in [2.24, 2.45) is 11.7 Å². The van der Waals surface area contributed by atoms with E-state index in [1.807, 2.05) is 13.0 Å². The Balaban J connectivity index is 2.11. The Morgan fingerprint density at radius 1 is 1.58 bits per heavy atom. The second-order valence-electron chi connectivity index (χ2n) is 5.58. The molecule has 0 aliphatic heterocycles. The van der Waals surface area contributed by atoms with Gasteiger partial charge in [-0.15, -0.1) is 11.3 Å². The van der Waals surface area contributed by atoms with Gasteiger partial charge in [0.1, 0.15) is 0 Å². The molecule has 1 saturated carbocycles. The molecule has 1 amide bonds. The fourth-order valence-electron chi connectivity index (χ4n) is 2.11. The van der Waals surface area contributed by atoms with Crippen LogP contribution in [0.1, 0.15) is 46.8 Å². The number of aryl methyl sites for hydroxylation is 1. The molecule has 0 saturated heterocycles. The minimum atomic E-state index is -0.113. The fraction of sp³-hybridized carbons (Fsp3) is 0.533. The van der Waals surface area contributed by atoms with E-state index < -0.39 is 0 Å². The summed E-state index contributed by atoms with van der Waals surface area (Å²) < 4.78 is 0. The summed E-state index contributed by atoms with van der Waals surface area (Å²) in [6.45, 7) is 6.50. The van der Waals surface area contributed by atoms with Crippen LogP contribution >= 0.6 is 11.3 Å². The van der Waals surface area contributed by atoms with Crippen molar-refractivity contribution in [3.05, 3.63) is 21.4 Å². The van der Waals surface area contributed by atoms with Gasteiger partial charge in [0.2, 0.25) is 0 Å². The van der Waals surface area contributed by atoms with Crippen molar-refractivity contribution < 1.29 is 4.79 Å². The summed E-state index contributed by atoms with van der Waals surface area (Å²) in [5, 5.41) is 3.13. The summed E-state index contributed by atoms with van der Waals surface area (Å²) in [5.41, 5.74) is 6.30. The summed E-state index contributed by atoms with van der Waals surface area (Å²) in [6.07, 6.45) is 2.42. The first-order valence-electron chi connectivity index (χ1n) is 6.56. The minimum Gasteiger partial charge on any atom is -0.346 e. The molecule has 1 aromatic heterocycles. The van der Waals surface area contributed by atoms with Crippen molar-refractivity contribution >= 4 is 17.2 Å². The average molecular weight is 276 g/mol. The first-order chi connectivity index (χ1) is 8.94. The van der Waals surface area contributed by atoms with Crippen molar-refractivity contribution in [3.8, 4) is 11.8 Å². The van der Waals surface area contributed by atoms with Crippen LogP contribution in [-0.2, 0) is 0 Å². The number of thiophene rings is 1. The molecule has 0 atom stereocenters. The molecule has 3 N–H and O–H groups in total. The Bertz CT molecular complexity index is 544. The molecule has 0 bridgehead atoms. The predicted octanol–water partition coefficient (Wildman–Crippen LogP) is 2.29. The molecule has 3 nitrogen and oxygen atoms in total. The van der Waals surface area contributed by atoms with Crippen LogP contribution in [0, 0.1) is 24.7 Å². The molecule has 1 aliphatic carbocycles. The van der Waals surface area contributed by atoms with Gasteiger partial charge in [-0.2, -0.15) is 0 Å². The van der Waals surface area contributed by atoms with Gasteiger partial charge in [-0.3, -0.25) is 4.79 Å². The van der Waals surface area contributed by atoms with Gasteiger partial charge < -0.3 is 11.1 Å². The number of rotatable bonds is 3. The number of hydrogen-bond acceptors (Lipinski definition) is 3. The van der Waals surface area contributed by atoms with Crippen LogP contribution in [0.4, 0.5) is 0 Å². The molecule has 2 rings (SSSR count). The Kier molecular flexibility index (Phi) is 3.98. The molecule has 102 valence electrons. The molecule has 0 spiro atoms. The molecule has 4 heteroatoms. The molecule has 0 radical (unpaired) electrons. The molecular weight excluding hydrogens is 256 g/mol. The van der Waals surface area contributed by atoms with Crippen molar-refractivity contribution in [3.63, 3.8) is 0 Å². The number of amides is 1. The van der Waals surface area contributed by atoms with Crippen molar-refractivity contribution in [2.75, 3.05) is 6.54 Å². The Morgan fingerprint density at radius 2 is 2.26 bits per heavy atom. The molecule has 0 aromatic carbocycles. The van der Waals surface area contributed by atoms with Crippen LogP contribution in [-0.4, -0.2) is 18.0 Å². The van der Waals surface area contributed by atoms with E-state index in [2.05, 4.69) is 31.0 Å². The largest absolute Gasteiger partial charge is 0.346 e. The lowest BCUT2D eigenvalue weighted by Gasteiger charge is -2.25. The second kappa shape index (κ2) is 5.36. The van der Waals surface area contributed by atoms with E-state index in [0.717, 1.165) is 15.3 Å². The second-order valence-corrected chi connectivity index (χ2v) is 6.63. The van der Waals surface area contributed by atoms with Crippen LogP contribution in [0.15, 0.2) is 6.07 Å². The Morgan fingerprint density at radius 3 is 2.84 bits per heavy atom. The maximum atomic E-state index is 12.3. The standard InChI is InChI=1S/C15H20N2OS/c1-10-9-13(19-12(10)5-4-8-16)14(18)17-15(2,3)11-6-7-11/h9,11H,6-8,16H2,1-3H3,(H,17,18). The third-order valence-electron chi connectivity index (χ3n) is 3.48. The number of hydrogen-bond donors (Lipinski definition) is 2.